The van der Waals surface area contributed by atoms with Gasteiger partial charge in [0.2, 0.25) is 0 Å². The van der Waals surface area contributed by atoms with Gasteiger partial charge in [-0.15, -0.1) is 0 Å². The molecule has 0 amide bonds. The molecule has 0 unspecified atom stereocenters. The van der Waals surface area contributed by atoms with Gasteiger partial charge in [0.25, 0.3) is 0 Å². The molecule has 3 rings (SSSR count). The first-order valence-electron chi connectivity index (χ1n) is 9.35. The van der Waals surface area contributed by atoms with Crippen LogP contribution in [-0.2, 0) is 11.2 Å². The van der Waals surface area contributed by atoms with Gasteiger partial charge in [-0.2, -0.15) is 0 Å². The van der Waals surface area contributed by atoms with Crippen LogP contribution in [0.15, 0.2) is 54.6 Å². The van der Waals surface area contributed by atoms with Crippen LogP contribution in [0, 0.1) is 0 Å². The Balaban J connectivity index is 1.49. The van der Waals surface area contributed by atoms with E-state index in [2.05, 4.69) is 54.6 Å². The quantitative estimate of drug-likeness (QED) is 0.365. The third kappa shape index (κ3) is 5.06. The van der Waals surface area contributed by atoms with Crippen molar-refractivity contribution in [3.63, 3.8) is 0 Å². The molecule has 0 aliphatic heterocycles. The summed E-state index contributed by atoms with van der Waals surface area (Å²) < 4.78 is 0. The average Bonchev–Trinajstić information content (AvgIpc) is 2.61. The van der Waals surface area contributed by atoms with Gasteiger partial charge in [-0.1, -0.05) is 68.1 Å². The van der Waals surface area contributed by atoms with Gasteiger partial charge in [0.05, 0.1) is 0 Å². The summed E-state index contributed by atoms with van der Waals surface area (Å²) in [5.74, 6) is -0.677. The largest absolute Gasteiger partial charge is 0.481 e. The first-order valence-corrected chi connectivity index (χ1v) is 9.35. The molecule has 0 spiro atoms. The van der Waals surface area contributed by atoms with E-state index in [4.69, 9.17) is 5.11 Å². The predicted octanol–water partition coefficient (Wildman–Crippen LogP) is 6.35. The molecule has 25 heavy (non-hydrogen) atoms. The number of unbranched alkanes of at least 4 members (excludes halogenated alkanes) is 5. The highest BCUT2D eigenvalue weighted by molar-refractivity contribution is 5.98. The maximum Gasteiger partial charge on any atom is 0.303 e. The normalized spacial score (nSPS) is 11.2. The van der Waals surface area contributed by atoms with Crippen molar-refractivity contribution in [1.29, 1.82) is 0 Å². The van der Waals surface area contributed by atoms with Crippen molar-refractivity contribution in [1.82, 2.24) is 0 Å². The monoisotopic (exact) mass is 334 g/mol. The Bertz CT molecular complexity index is 851. The molecule has 0 bridgehead atoms. The lowest BCUT2D eigenvalue weighted by Crippen LogP contribution is -1.93. The summed E-state index contributed by atoms with van der Waals surface area (Å²) in [5, 5.41) is 13.8. The van der Waals surface area contributed by atoms with Crippen LogP contribution in [0.4, 0.5) is 0 Å². The van der Waals surface area contributed by atoms with Gasteiger partial charge in [-0.3, -0.25) is 4.79 Å². The molecule has 0 saturated carbocycles. The van der Waals surface area contributed by atoms with Crippen molar-refractivity contribution in [2.45, 2.75) is 51.4 Å². The fourth-order valence-electron chi connectivity index (χ4n) is 3.46. The molecule has 0 radical (unpaired) electrons. The number of hydrogen-bond acceptors (Lipinski definition) is 1. The summed E-state index contributed by atoms with van der Waals surface area (Å²) >= 11 is 0. The van der Waals surface area contributed by atoms with Crippen molar-refractivity contribution < 1.29 is 9.90 Å². The molecule has 1 N–H and O–H groups in total. The molecule has 0 atom stereocenters. The molecule has 0 aliphatic rings. The third-order valence-electron chi connectivity index (χ3n) is 4.88. The lowest BCUT2D eigenvalue weighted by Gasteiger charge is -2.06. The van der Waals surface area contributed by atoms with Crippen molar-refractivity contribution in [3.8, 4) is 0 Å². The smallest absolute Gasteiger partial charge is 0.303 e. The fourth-order valence-corrected chi connectivity index (χ4v) is 3.46. The number of hydrogen-bond donors (Lipinski definition) is 1. The Hall–Kier alpha value is -2.35. The minimum atomic E-state index is -0.677. The Morgan fingerprint density at radius 1 is 0.680 bits per heavy atom. The number of benzene rings is 3. The summed E-state index contributed by atoms with van der Waals surface area (Å²) in [7, 11) is 0. The second kappa shape index (κ2) is 8.66. The standard InChI is InChI=1S/C23H26O2/c24-23(25)12-6-4-2-1-3-5-9-18-13-14-21-16-19-10-7-8-11-20(19)17-22(21)15-18/h7-8,10-11,13-17H,1-6,9,12H2,(H,24,25). The molecule has 130 valence electrons. The first-order chi connectivity index (χ1) is 12.2. The number of aryl methyl sites for hydroxylation is 1. The Morgan fingerprint density at radius 2 is 1.28 bits per heavy atom. The summed E-state index contributed by atoms with van der Waals surface area (Å²) in [6, 6.07) is 19.9. The van der Waals surface area contributed by atoms with Crippen molar-refractivity contribution in [2.75, 3.05) is 0 Å². The van der Waals surface area contributed by atoms with E-state index in [1.807, 2.05) is 0 Å². The minimum Gasteiger partial charge on any atom is -0.481 e. The Labute approximate surface area is 149 Å². The molecule has 2 heteroatoms. The fraction of sp³-hybridized carbons (Fsp3) is 0.348. The zero-order valence-electron chi connectivity index (χ0n) is 14.7. The van der Waals surface area contributed by atoms with Gasteiger partial charge >= 0.3 is 5.97 Å². The van der Waals surface area contributed by atoms with Gasteiger partial charge in [0.1, 0.15) is 0 Å². The van der Waals surface area contributed by atoms with E-state index in [0.29, 0.717) is 6.42 Å². The van der Waals surface area contributed by atoms with Crippen molar-refractivity contribution >= 4 is 27.5 Å². The SMILES string of the molecule is O=C(O)CCCCCCCCc1ccc2cc3ccccc3cc2c1. The van der Waals surface area contributed by atoms with Gasteiger partial charge < -0.3 is 5.11 Å². The van der Waals surface area contributed by atoms with Crippen LogP contribution in [0.2, 0.25) is 0 Å². The number of rotatable bonds is 9. The van der Waals surface area contributed by atoms with E-state index in [1.165, 1.54) is 46.4 Å². The lowest BCUT2D eigenvalue weighted by atomic mass is 9.99. The van der Waals surface area contributed by atoms with E-state index in [1.54, 1.807) is 0 Å². The maximum atomic E-state index is 10.5. The van der Waals surface area contributed by atoms with E-state index in [9.17, 15) is 4.79 Å². The zero-order valence-corrected chi connectivity index (χ0v) is 14.7. The molecule has 3 aromatic carbocycles. The average molecular weight is 334 g/mol. The molecular weight excluding hydrogens is 308 g/mol. The molecule has 0 saturated heterocycles. The minimum absolute atomic E-state index is 0.311. The summed E-state index contributed by atoms with van der Waals surface area (Å²) in [6.45, 7) is 0. The number of aliphatic carboxylic acids is 1. The topological polar surface area (TPSA) is 37.3 Å². The third-order valence-corrected chi connectivity index (χ3v) is 4.88. The number of carboxylic acid groups (broad SMARTS) is 1. The Kier molecular flexibility index (Phi) is 6.05. The molecule has 0 aromatic heterocycles. The maximum absolute atomic E-state index is 10.5. The van der Waals surface area contributed by atoms with Crippen LogP contribution in [-0.4, -0.2) is 11.1 Å². The van der Waals surface area contributed by atoms with Crippen molar-refractivity contribution in [3.05, 3.63) is 60.2 Å². The first kappa shape index (κ1) is 17.5. The van der Waals surface area contributed by atoms with Gasteiger partial charge in [0, 0.05) is 6.42 Å². The predicted molar refractivity (Wildman–Crippen MR) is 105 cm³/mol. The van der Waals surface area contributed by atoms with Crippen LogP contribution in [0.3, 0.4) is 0 Å². The molecule has 3 aromatic rings. The van der Waals surface area contributed by atoms with E-state index in [-0.39, 0.29) is 0 Å². The number of carbonyl (C=O) groups is 1. The van der Waals surface area contributed by atoms with Crippen LogP contribution < -0.4 is 0 Å². The van der Waals surface area contributed by atoms with Crippen LogP contribution in [0.5, 0.6) is 0 Å². The number of fused-ring (bicyclic) bond motifs is 2. The summed E-state index contributed by atoms with van der Waals surface area (Å²) in [5.41, 5.74) is 1.41. The molecule has 0 aliphatic carbocycles. The van der Waals surface area contributed by atoms with Crippen LogP contribution >= 0.6 is 0 Å². The second-order valence-corrected chi connectivity index (χ2v) is 6.90. The molecular formula is C23H26O2. The second-order valence-electron chi connectivity index (χ2n) is 6.90. The van der Waals surface area contributed by atoms with Crippen molar-refractivity contribution in [2.24, 2.45) is 0 Å². The Morgan fingerprint density at radius 3 is 2.00 bits per heavy atom. The highest BCUT2D eigenvalue weighted by Gasteiger charge is 2.01. The van der Waals surface area contributed by atoms with E-state index in [0.717, 1.165) is 25.7 Å². The summed E-state index contributed by atoms with van der Waals surface area (Å²) in [4.78, 5) is 10.5. The van der Waals surface area contributed by atoms with E-state index < -0.39 is 5.97 Å². The lowest BCUT2D eigenvalue weighted by molar-refractivity contribution is -0.137. The summed E-state index contributed by atoms with van der Waals surface area (Å²) in [6.07, 6.45) is 8.07. The molecule has 2 nitrogen and oxygen atoms in total. The van der Waals surface area contributed by atoms with E-state index >= 15 is 0 Å². The van der Waals surface area contributed by atoms with Gasteiger partial charge in [0.15, 0.2) is 0 Å². The van der Waals surface area contributed by atoms with Gasteiger partial charge in [-0.05, 0) is 58.5 Å². The highest BCUT2D eigenvalue weighted by atomic mass is 16.4. The molecule has 0 fully saturated rings. The zero-order chi connectivity index (χ0) is 17.5. The number of carboxylic acids is 1. The van der Waals surface area contributed by atoms with Gasteiger partial charge in [-0.25, -0.2) is 0 Å². The van der Waals surface area contributed by atoms with Crippen LogP contribution in [0.1, 0.15) is 50.5 Å². The molecule has 0 heterocycles. The van der Waals surface area contributed by atoms with Crippen LogP contribution in [0.25, 0.3) is 21.5 Å². The highest BCUT2D eigenvalue weighted by Crippen LogP contribution is 2.24.